The summed E-state index contributed by atoms with van der Waals surface area (Å²) in [5.74, 6) is 2.13. The number of aryl methyl sites for hydroxylation is 3. The number of allylic oxidation sites excluding steroid dienone is 1. The summed E-state index contributed by atoms with van der Waals surface area (Å²) in [6, 6.07) is 7.23. The van der Waals surface area contributed by atoms with E-state index in [0.29, 0.717) is 16.5 Å². The summed E-state index contributed by atoms with van der Waals surface area (Å²) >= 11 is 6.16. The van der Waals surface area contributed by atoms with E-state index >= 15 is 0 Å². The van der Waals surface area contributed by atoms with Crippen molar-refractivity contribution in [3.05, 3.63) is 57.8 Å². The first kappa shape index (κ1) is 21.3. The van der Waals surface area contributed by atoms with Gasteiger partial charge in [-0.3, -0.25) is 4.79 Å². The summed E-state index contributed by atoms with van der Waals surface area (Å²) in [6.45, 7) is 3.92. The highest BCUT2D eigenvalue weighted by Gasteiger charge is 2.23. The van der Waals surface area contributed by atoms with Crippen molar-refractivity contribution in [1.29, 1.82) is 0 Å². The smallest absolute Gasteiger partial charge is 0.248 e. The number of ether oxygens (including phenoxy) is 2. The Morgan fingerprint density at radius 2 is 1.94 bits per heavy atom. The zero-order valence-corrected chi connectivity index (χ0v) is 19.0. The second-order valence-electron chi connectivity index (χ2n) is 7.84. The summed E-state index contributed by atoms with van der Waals surface area (Å²) in [7, 11) is 3.20. The van der Waals surface area contributed by atoms with Crippen LogP contribution in [0.5, 0.6) is 11.5 Å². The van der Waals surface area contributed by atoms with E-state index in [2.05, 4.69) is 11.4 Å². The van der Waals surface area contributed by atoms with Crippen LogP contribution < -0.4 is 14.8 Å². The van der Waals surface area contributed by atoms with Crippen molar-refractivity contribution in [1.82, 2.24) is 0 Å². The predicted octanol–water partition coefficient (Wildman–Crippen LogP) is 6.33. The Balaban J connectivity index is 1.69. The molecule has 0 fully saturated rings. The van der Waals surface area contributed by atoms with Gasteiger partial charge in [0.2, 0.25) is 5.91 Å². The molecule has 5 nitrogen and oxygen atoms in total. The van der Waals surface area contributed by atoms with E-state index in [0.717, 1.165) is 58.4 Å². The van der Waals surface area contributed by atoms with Crippen molar-refractivity contribution in [2.24, 2.45) is 0 Å². The molecule has 162 valence electrons. The minimum absolute atomic E-state index is 0.243. The molecule has 4 rings (SSSR count). The third-order valence-corrected chi connectivity index (χ3v) is 6.12. The Labute approximate surface area is 187 Å². The van der Waals surface area contributed by atoms with Crippen LogP contribution in [0, 0.1) is 6.92 Å². The van der Waals surface area contributed by atoms with Gasteiger partial charge in [0.25, 0.3) is 0 Å². The van der Waals surface area contributed by atoms with E-state index in [1.54, 1.807) is 38.5 Å². The summed E-state index contributed by atoms with van der Waals surface area (Å²) < 4.78 is 17.1. The highest BCUT2D eigenvalue weighted by atomic mass is 35.5. The zero-order valence-electron chi connectivity index (χ0n) is 18.2. The minimum Gasteiger partial charge on any atom is -0.496 e. The molecular formula is C25H26ClNO4. The third kappa shape index (κ3) is 4.02. The SMILES string of the molecule is COc1ccc(NC(=O)/C=C(\C)c2cc3c4c(oc3c(C)c2OC)CCCC4)cc1Cl. The zero-order chi connectivity index (χ0) is 22.1. The first-order chi connectivity index (χ1) is 14.9. The first-order valence-corrected chi connectivity index (χ1v) is 10.8. The Morgan fingerprint density at radius 3 is 2.65 bits per heavy atom. The largest absolute Gasteiger partial charge is 0.496 e. The number of carbonyl (C=O) groups is 1. The number of furan rings is 1. The fraction of sp³-hybridized carbons (Fsp3) is 0.320. The lowest BCUT2D eigenvalue weighted by molar-refractivity contribution is -0.111. The van der Waals surface area contributed by atoms with E-state index in [4.69, 9.17) is 25.5 Å². The number of benzene rings is 2. The van der Waals surface area contributed by atoms with E-state index in [1.165, 1.54) is 12.0 Å². The highest BCUT2D eigenvalue weighted by molar-refractivity contribution is 6.32. The lowest BCUT2D eigenvalue weighted by Crippen LogP contribution is -2.09. The van der Waals surface area contributed by atoms with Gasteiger partial charge in [-0.15, -0.1) is 0 Å². The maximum absolute atomic E-state index is 12.7. The average Bonchev–Trinajstić information content (AvgIpc) is 3.13. The van der Waals surface area contributed by atoms with Crippen molar-refractivity contribution < 1.29 is 18.7 Å². The van der Waals surface area contributed by atoms with Gasteiger partial charge in [-0.05, 0) is 62.9 Å². The molecule has 0 spiro atoms. The molecule has 3 aromatic rings. The molecule has 0 atom stereocenters. The number of methoxy groups -OCH3 is 2. The average molecular weight is 440 g/mol. The van der Waals surface area contributed by atoms with Gasteiger partial charge in [-0.1, -0.05) is 11.6 Å². The van der Waals surface area contributed by atoms with E-state index in [-0.39, 0.29) is 5.91 Å². The number of halogens is 1. The molecule has 1 aliphatic rings. The maximum atomic E-state index is 12.7. The molecule has 1 amide bonds. The van der Waals surface area contributed by atoms with Gasteiger partial charge in [0.1, 0.15) is 22.8 Å². The lowest BCUT2D eigenvalue weighted by atomic mass is 9.93. The molecule has 1 heterocycles. The number of nitrogens with one attached hydrogen (secondary N) is 1. The molecule has 6 heteroatoms. The van der Waals surface area contributed by atoms with Crippen molar-refractivity contribution in [3.63, 3.8) is 0 Å². The number of rotatable bonds is 5. The highest BCUT2D eigenvalue weighted by Crippen LogP contribution is 2.41. The maximum Gasteiger partial charge on any atom is 0.248 e. The standard InChI is InChI=1S/C25H26ClNO4/c1-14(11-23(28)27-16-9-10-22(29-3)20(26)12-16)18-13-19-17-7-5-6-8-21(17)31-25(19)15(2)24(18)30-4/h9-13H,5-8H2,1-4H3,(H,27,28)/b14-11+. The number of fused-ring (bicyclic) bond motifs is 3. The predicted molar refractivity (Wildman–Crippen MR) is 124 cm³/mol. The summed E-state index contributed by atoms with van der Waals surface area (Å²) in [6.07, 6.45) is 5.90. The van der Waals surface area contributed by atoms with Crippen molar-refractivity contribution in [2.75, 3.05) is 19.5 Å². The molecule has 0 aliphatic heterocycles. The van der Waals surface area contributed by atoms with E-state index < -0.39 is 0 Å². The Hall–Kier alpha value is -2.92. The Kier molecular flexibility index (Phi) is 5.96. The van der Waals surface area contributed by atoms with E-state index in [1.807, 2.05) is 13.8 Å². The normalized spacial score (nSPS) is 13.8. The van der Waals surface area contributed by atoms with E-state index in [9.17, 15) is 4.79 Å². The monoisotopic (exact) mass is 439 g/mol. The number of carbonyl (C=O) groups excluding carboxylic acids is 1. The van der Waals surface area contributed by atoms with Crippen LogP contribution in [-0.4, -0.2) is 20.1 Å². The molecule has 2 aromatic carbocycles. The van der Waals surface area contributed by atoms with Crippen LogP contribution in [0.2, 0.25) is 5.02 Å². The number of hydrogen-bond donors (Lipinski definition) is 1. The second kappa shape index (κ2) is 8.67. The van der Waals surface area contributed by atoms with Crippen LogP contribution in [0.3, 0.4) is 0 Å². The Bertz CT molecular complexity index is 1190. The van der Waals surface area contributed by atoms with Crippen molar-refractivity contribution >= 4 is 39.7 Å². The fourth-order valence-electron chi connectivity index (χ4n) is 4.29. The molecule has 0 saturated heterocycles. The van der Waals surface area contributed by atoms with Crippen LogP contribution in [0.4, 0.5) is 5.69 Å². The molecule has 1 N–H and O–H groups in total. The lowest BCUT2D eigenvalue weighted by Gasteiger charge is -2.14. The van der Waals surface area contributed by atoms with Gasteiger partial charge in [0.15, 0.2) is 0 Å². The molecule has 1 aromatic heterocycles. The van der Waals surface area contributed by atoms with Crippen molar-refractivity contribution in [3.8, 4) is 11.5 Å². The molecule has 0 bridgehead atoms. The van der Waals surface area contributed by atoms with Gasteiger partial charge in [-0.25, -0.2) is 0 Å². The van der Waals surface area contributed by atoms with Gasteiger partial charge in [0.05, 0.1) is 19.2 Å². The topological polar surface area (TPSA) is 60.7 Å². The minimum atomic E-state index is -0.243. The Morgan fingerprint density at radius 1 is 1.16 bits per heavy atom. The van der Waals surface area contributed by atoms with Gasteiger partial charge < -0.3 is 19.2 Å². The molecule has 0 radical (unpaired) electrons. The van der Waals surface area contributed by atoms with Gasteiger partial charge >= 0.3 is 0 Å². The van der Waals surface area contributed by atoms with Crippen LogP contribution in [-0.2, 0) is 17.6 Å². The van der Waals surface area contributed by atoms with Crippen LogP contribution >= 0.6 is 11.6 Å². The third-order valence-electron chi connectivity index (χ3n) is 5.82. The first-order valence-electron chi connectivity index (χ1n) is 10.4. The fourth-order valence-corrected chi connectivity index (χ4v) is 4.55. The van der Waals surface area contributed by atoms with Gasteiger partial charge in [-0.2, -0.15) is 0 Å². The van der Waals surface area contributed by atoms with Crippen LogP contribution in [0.25, 0.3) is 16.5 Å². The molecule has 0 unspecified atom stereocenters. The van der Waals surface area contributed by atoms with Crippen molar-refractivity contribution in [2.45, 2.75) is 39.5 Å². The molecule has 1 aliphatic carbocycles. The molecular weight excluding hydrogens is 414 g/mol. The summed E-state index contributed by atoms with van der Waals surface area (Å²) in [4.78, 5) is 12.7. The molecule has 31 heavy (non-hydrogen) atoms. The summed E-state index contributed by atoms with van der Waals surface area (Å²) in [5, 5.41) is 4.42. The number of anilines is 1. The summed E-state index contributed by atoms with van der Waals surface area (Å²) in [5.41, 5.74) is 5.44. The quantitative estimate of drug-likeness (QED) is 0.471. The number of hydrogen-bond acceptors (Lipinski definition) is 4. The second-order valence-corrected chi connectivity index (χ2v) is 8.24. The van der Waals surface area contributed by atoms with Crippen LogP contribution in [0.15, 0.2) is 34.8 Å². The van der Waals surface area contributed by atoms with Gasteiger partial charge in [0, 0.05) is 40.3 Å². The number of amides is 1. The van der Waals surface area contributed by atoms with Crippen LogP contribution in [0.1, 0.15) is 42.2 Å². The molecule has 0 saturated carbocycles.